The molecule has 7 heteroatoms. The van der Waals surface area contributed by atoms with E-state index in [9.17, 15) is 9.59 Å². The van der Waals surface area contributed by atoms with E-state index in [2.05, 4.69) is 108 Å². The number of nitrogens with zero attached hydrogens (tertiary/aromatic N) is 1. The van der Waals surface area contributed by atoms with E-state index >= 15 is 0 Å². The lowest BCUT2D eigenvalue weighted by Gasteiger charge is -2.33. The van der Waals surface area contributed by atoms with Crippen LogP contribution >= 0.6 is 11.8 Å². The fourth-order valence-corrected chi connectivity index (χ4v) is 5.83. The van der Waals surface area contributed by atoms with Gasteiger partial charge in [-0.3, -0.25) is 14.9 Å². The summed E-state index contributed by atoms with van der Waals surface area (Å²) in [7, 11) is 0. The van der Waals surface area contributed by atoms with Crippen LogP contribution in [0.1, 0.15) is 54.5 Å². The molecule has 4 aromatic rings. The first-order valence-electron chi connectivity index (χ1n) is 14.6. The van der Waals surface area contributed by atoms with Gasteiger partial charge in [0.05, 0.1) is 11.3 Å². The number of amides is 1. The minimum absolute atomic E-state index is 0.162. The molecule has 1 unspecified atom stereocenters. The molecule has 0 aromatic heterocycles. The standard InChI is InChI=1S/C37H35N3O3S/c1-3-22-37(2,40-31-20-16-27(17-21-31)24-33-35(43)39-36(38-33)44-25-34(41)42)30-18-14-26(15-19-30)23-32(28-10-6-4-7-11-28)29-12-8-5-9-13-29/h4-21,23-24,40H,3,22,25H2,1-2H3,(H,41,42)(H,38,39,43)/b33-24-. The Morgan fingerprint density at radius 1 is 0.886 bits per heavy atom. The van der Waals surface area contributed by atoms with Crippen molar-refractivity contribution in [3.63, 3.8) is 0 Å². The van der Waals surface area contributed by atoms with Gasteiger partial charge in [-0.05, 0) is 71.0 Å². The first-order chi connectivity index (χ1) is 21.3. The smallest absolute Gasteiger partial charge is 0.313 e. The molecule has 0 saturated carbocycles. The maximum Gasteiger partial charge on any atom is 0.313 e. The molecule has 0 spiro atoms. The lowest BCUT2D eigenvalue weighted by molar-refractivity contribution is -0.133. The monoisotopic (exact) mass is 601 g/mol. The van der Waals surface area contributed by atoms with Crippen molar-refractivity contribution in [2.45, 2.75) is 32.2 Å². The van der Waals surface area contributed by atoms with E-state index in [1.54, 1.807) is 6.08 Å². The van der Waals surface area contributed by atoms with E-state index in [0.29, 0.717) is 5.17 Å². The largest absolute Gasteiger partial charge is 0.481 e. The number of carbonyl (C=O) groups is 2. The number of benzene rings is 4. The first kappa shape index (κ1) is 30.6. The average Bonchev–Trinajstić information content (AvgIpc) is 3.39. The highest BCUT2D eigenvalue weighted by atomic mass is 32.2. The summed E-state index contributed by atoms with van der Waals surface area (Å²) in [6, 6.07) is 37.6. The summed E-state index contributed by atoms with van der Waals surface area (Å²) in [4.78, 5) is 27.3. The van der Waals surface area contributed by atoms with Crippen LogP contribution in [0.3, 0.4) is 0 Å². The summed E-state index contributed by atoms with van der Waals surface area (Å²) >= 11 is 0.987. The third-order valence-electron chi connectivity index (χ3n) is 7.42. The molecule has 0 saturated heterocycles. The molecule has 5 rings (SSSR count). The van der Waals surface area contributed by atoms with Crippen molar-refractivity contribution in [3.8, 4) is 0 Å². The van der Waals surface area contributed by atoms with Gasteiger partial charge in [0.1, 0.15) is 5.70 Å². The molecule has 222 valence electrons. The van der Waals surface area contributed by atoms with Gasteiger partial charge in [-0.25, -0.2) is 4.99 Å². The van der Waals surface area contributed by atoms with Gasteiger partial charge in [-0.15, -0.1) is 0 Å². The normalized spacial score (nSPS) is 14.8. The topological polar surface area (TPSA) is 90.8 Å². The van der Waals surface area contributed by atoms with Crippen LogP contribution in [0.15, 0.2) is 120 Å². The zero-order valence-corrected chi connectivity index (χ0v) is 25.6. The summed E-state index contributed by atoms with van der Waals surface area (Å²) in [6.07, 6.45) is 5.90. The van der Waals surface area contributed by atoms with E-state index in [-0.39, 0.29) is 22.9 Å². The SMILES string of the molecule is CCCC(C)(Nc1ccc(/C=C2\N=C(SCC(=O)O)NC2=O)cc1)c1ccc(C=C(c2ccccc2)c2ccccc2)cc1. The number of hydrogen-bond acceptors (Lipinski definition) is 5. The number of amidine groups is 1. The minimum Gasteiger partial charge on any atom is -0.481 e. The molecule has 3 N–H and O–H groups in total. The highest BCUT2D eigenvalue weighted by Crippen LogP contribution is 2.33. The highest BCUT2D eigenvalue weighted by Gasteiger charge is 2.26. The predicted molar refractivity (Wildman–Crippen MR) is 182 cm³/mol. The van der Waals surface area contributed by atoms with Crippen LogP contribution in [-0.4, -0.2) is 27.9 Å². The van der Waals surface area contributed by atoms with Crippen molar-refractivity contribution in [3.05, 3.63) is 143 Å². The number of anilines is 1. The Morgan fingerprint density at radius 2 is 1.48 bits per heavy atom. The van der Waals surface area contributed by atoms with Gasteiger partial charge in [0.2, 0.25) is 0 Å². The molecule has 0 radical (unpaired) electrons. The third kappa shape index (κ3) is 7.74. The Hall–Kier alpha value is -4.88. The van der Waals surface area contributed by atoms with Crippen molar-refractivity contribution in [1.29, 1.82) is 0 Å². The Morgan fingerprint density at radius 3 is 2.05 bits per heavy atom. The van der Waals surface area contributed by atoms with Crippen LogP contribution < -0.4 is 10.6 Å². The summed E-state index contributed by atoms with van der Waals surface area (Å²) in [5.41, 5.74) is 7.64. The lowest BCUT2D eigenvalue weighted by atomic mass is 9.86. The van der Waals surface area contributed by atoms with Gasteiger partial charge < -0.3 is 10.4 Å². The molecule has 0 bridgehead atoms. The van der Waals surface area contributed by atoms with Crippen molar-refractivity contribution in [1.82, 2.24) is 5.32 Å². The Kier molecular flexibility index (Phi) is 9.77. The highest BCUT2D eigenvalue weighted by molar-refractivity contribution is 8.14. The van der Waals surface area contributed by atoms with Gasteiger partial charge in [-0.1, -0.05) is 122 Å². The molecule has 1 atom stereocenters. The molecule has 4 aromatic carbocycles. The Labute approximate surface area is 262 Å². The zero-order chi connectivity index (χ0) is 30.9. The fraction of sp³-hybridized carbons (Fsp3) is 0.162. The van der Waals surface area contributed by atoms with Crippen LogP contribution in [0.5, 0.6) is 0 Å². The van der Waals surface area contributed by atoms with Crippen LogP contribution in [-0.2, 0) is 15.1 Å². The lowest BCUT2D eigenvalue weighted by Crippen LogP contribution is -2.31. The molecule has 6 nitrogen and oxygen atoms in total. The number of carboxylic acid groups (broad SMARTS) is 1. The van der Waals surface area contributed by atoms with E-state index in [1.165, 1.54) is 22.3 Å². The number of carbonyl (C=O) groups excluding carboxylic acids is 1. The predicted octanol–water partition coefficient (Wildman–Crippen LogP) is 8.05. The minimum atomic E-state index is -0.962. The third-order valence-corrected chi connectivity index (χ3v) is 8.28. The number of carboxylic acids is 1. The molecule has 1 aliphatic rings. The number of thioether (sulfide) groups is 1. The summed E-state index contributed by atoms with van der Waals surface area (Å²) < 4.78 is 0. The van der Waals surface area contributed by atoms with Crippen LogP contribution in [0, 0.1) is 0 Å². The maximum atomic E-state index is 12.3. The quantitative estimate of drug-likeness (QED) is 0.120. The molecule has 1 amide bonds. The van der Waals surface area contributed by atoms with Gasteiger partial charge in [0.25, 0.3) is 5.91 Å². The van der Waals surface area contributed by atoms with Crippen molar-refractivity contribution >= 4 is 52.2 Å². The van der Waals surface area contributed by atoms with Gasteiger partial charge in [0, 0.05) is 5.69 Å². The first-order valence-corrected chi connectivity index (χ1v) is 15.6. The molecule has 0 aliphatic carbocycles. The molecule has 0 fully saturated rings. The molecule has 1 heterocycles. The summed E-state index contributed by atoms with van der Waals surface area (Å²) in [6.45, 7) is 4.42. The summed E-state index contributed by atoms with van der Waals surface area (Å²) in [5.74, 6) is -1.46. The molecule has 44 heavy (non-hydrogen) atoms. The number of aliphatic carboxylic acids is 1. The molecular weight excluding hydrogens is 566 g/mol. The second kappa shape index (κ2) is 14.1. The van der Waals surface area contributed by atoms with Crippen molar-refractivity contribution < 1.29 is 14.7 Å². The number of aliphatic imine (C=N–C) groups is 1. The van der Waals surface area contributed by atoms with Crippen LogP contribution in [0.2, 0.25) is 0 Å². The fourth-order valence-electron chi connectivity index (χ4n) is 5.25. The van der Waals surface area contributed by atoms with E-state index in [4.69, 9.17) is 5.11 Å². The zero-order valence-electron chi connectivity index (χ0n) is 24.8. The van der Waals surface area contributed by atoms with E-state index in [0.717, 1.165) is 41.4 Å². The molecular formula is C37H35N3O3S. The average molecular weight is 602 g/mol. The van der Waals surface area contributed by atoms with Gasteiger partial charge >= 0.3 is 5.97 Å². The maximum absolute atomic E-state index is 12.3. The van der Waals surface area contributed by atoms with Gasteiger partial charge in [0.15, 0.2) is 5.17 Å². The van der Waals surface area contributed by atoms with E-state index in [1.807, 2.05) is 36.4 Å². The Bertz CT molecular complexity index is 1660. The van der Waals surface area contributed by atoms with Crippen LogP contribution in [0.4, 0.5) is 5.69 Å². The number of nitrogens with one attached hydrogen (secondary N) is 2. The van der Waals surface area contributed by atoms with Gasteiger partial charge in [-0.2, -0.15) is 0 Å². The summed E-state index contributed by atoms with van der Waals surface area (Å²) in [5, 5.41) is 15.5. The molecule has 1 aliphatic heterocycles. The number of rotatable bonds is 11. The number of hydrogen-bond donors (Lipinski definition) is 3. The van der Waals surface area contributed by atoms with E-state index < -0.39 is 5.97 Å². The second-order valence-corrected chi connectivity index (χ2v) is 11.8. The van der Waals surface area contributed by atoms with Crippen LogP contribution in [0.25, 0.3) is 17.7 Å². The van der Waals surface area contributed by atoms with Crippen molar-refractivity contribution in [2.24, 2.45) is 4.99 Å². The Balaban J connectivity index is 1.34. The van der Waals surface area contributed by atoms with Crippen molar-refractivity contribution in [2.75, 3.05) is 11.1 Å². The second-order valence-electron chi connectivity index (χ2n) is 10.8.